The highest BCUT2D eigenvalue weighted by molar-refractivity contribution is 5.95. The summed E-state index contributed by atoms with van der Waals surface area (Å²) in [5.41, 5.74) is 21.5. The van der Waals surface area contributed by atoms with Crippen LogP contribution in [0.25, 0.3) is 33.4 Å². The molecule has 0 radical (unpaired) electrons. The van der Waals surface area contributed by atoms with Gasteiger partial charge in [0.25, 0.3) is 0 Å². The van der Waals surface area contributed by atoms with Gasteiger partial charge in [0.05, 0.1) is 5.69 Å². The first-order valence-corrected chi connectivity index (χ1v) is 23.0. The minimum Gasteiger partial charge on any atom is -0.310 e. The van der Waals surface area contributed by atoms with E-state index in [1.54, 1.807) is 11.1 Å². The number of hydrogen-bond acceptors (Lipinski definition) is 1. The molecule has 7 aliphatic rings. The first-order chi connectivity index (χ1) is 29.2. The molecule has 4 saturated carbocycles. The van der Waals surface area contributed by atoms with E-state index < -0.39 is 0 Å². The van der Waals surface area contributed by atoms with Gasteiger partial charge < -0.3 is 4.90 Å². The first-order valence-electron chi connectivity index (χ1n) is 23.0. The van der Waals surface area contributed by atoms with Crippen molar-refractivity contribution in [3.63, 3.8) is 0 Å². The lowest BCUT2D eigenvalue weighted by Crippen LogP contribution is -2.40. The molecule has 298 valence electrons. The Hall–Kier alpha value is -5.40. The molecule has 1 nitrogen and oxygen atoms in total. The third kappa shape index (κ3) is 5.36. The van der Waals surface area contributed by atoms with Crippen LogP contribution in [0.5, 0.6) is 0 Å². The van der Waals surface area contributed by atoms with Crippen LogP contribution in [0.15, 0.2) is 152 Å². The third-order valence-corrected chi connectivity index (χ3v) is 16.7. The zero-order valence-corrected chi connectivity index (χ0v) is 35.8. The second-order valence-corrected chi connectivity index (χ2v) is 20.7. The lowest BCUT2D eigenvalue weighted by molar-refractivity contribution is 0.191. The van der Waals surface area contributed by atoms with E-state index in [2.05, 4.69) is 184 Å². The van der Waals surface area contributed by atoms with Crippen LogP contribution in [0, 0.1) is 23.7 Å². The van der Waals surface area contributed by atoms with E-state index in [0.717, 1.165) is 36.5 Å². The summed E-state index contributed by atoms with van der Waals surface area (Å²) in [7, 11) is 0. The molecule has 0 aromatic heterocycles. The van der Waals surface area contributed by atoms with Crippen molar-refractivity contribution >= 4 is 28.2 Å². The van der Waals surface area contributed by atoms with Gasteiger partial charge in [-0.2, -0.15) is 0 Å². The van der Waals surface area contributed by atoms with Crippen LogP contribution in [0.3, 0.4) is 0 Å². The van der Waals surface area contributed by atoms with Gasteiger partial charge in [0, 0.05) is 22.4 Å². The number of benzene rings is 6. The van der Waals surface area contributed by atoms with Crippen LogP contribution in [0.4, 0.5) is 17.1 Å². The van der Waals surface area contributed by atoms with Crippen molar-refractivity contribution in [2.45, 2.75) is 95.3 Å². The molecule has 4 unspecified atom stereocenters. The number of hydrogen-bond donors (Lipinski definition) is 0. The second-order valence-electron chi connectivity index (χ2n) is 20.7. The zero-order chi connectivity index (χ0) is 40.4. The van der Waals surface area contributed by atoms with Crippen molar-refractivity contribution in [1.29, 1.82) is 0 Å². The SMILES string of the molecule is CC1(C)CCC(C)(C)c2cc(N(c3ccc(-c4ccccc4)cc3)c3cc4c(cc3C3=CC=C(c5ccccc5)CC3)-c3ccccc3C43C4CC5C[C@@H](C4)CC53)ccc21. The van der Waals surface area contributed by atoms with Gasteiger partial charge in [0.1, 0.15) is 0 Å². The molecule has 0 saturated heterocycles. The molecule has 1 spiro atoms. The molecule has 7 aliphatic carbocycles. The minimum atomic E-state index is 0.1000. The Bertz CT molecular complexity index is 2720. The topological polar surface area (TPSA) is 3.24 Å². The van der Waals surface area contributed by atoms with Crippen LogP contribution < -0.4 is 4.90 Å². The number of allylic oxidation sites excluding steroid dienone is 4. The molecule has 1 heteroatoms. The first kappa shape index (κ1) is 36.5. The summed E-state index contributed by atoms with van der Waals surface area (Å²) >= 11 is 0. The fourth-order valence-corrected chi connectivity index (χ4v) is 13.8. The van der Waals surface area contributed by atoms with Crippen molar-refractivity contribution < 1.29 is 0 Å². The maximum absolute atomic E-state index is 2.75. The van der Waals surface area contributed by atoms with Crippen LogP contribution in [-0.2, 0) is 16.2 Å². The highest BCUT2D eigenvalue weighted by Gasteiger charge is 2.66. The largest absolute Gasteiger partial charge is 0.310 e. The molecule has 60 heavy (non-hydrogen) atoms. The zero-order valence-electron chi connectivity index (χ0n) is 35.8. The van der Waals surface area contributed by atoms with Crippen LogP contribution >= 0.6 is 0 Å². The third-order valence-electron chi connectivity index (χ3n) is 16.7. The Morgan fingerprint density at radius 1 is 0.467 bits per heavy atom. The molecular formula is C59H57N. The van der Waals surface area contributed by atoms with E-state index in [1.165, 1.54) is 111 Å². The van der Waals surface area contributed by atoms with Crippen molar-refractivity contribution in [2.75, 3.05) is 4.90 Å². The molecule has 0 heterocycles. The Kier molecular flexibility index (Phi) is 8.08. The van der Waals surface area contributed by atoms with Crippen molar-refractivity contribution in [3.05, 3.63) is 185 Å². The molecule has 6 aromatic carbocycles. The maximum atomic E-state index is 2.75. The number of anilines is 3. The quantitative estimate of drug-likeness (QED) is 0.163. The van der Waals surface area contributed by atoms with E-state index in [9.17, 15) is 0 Å². The summed E-state index contributed by atoms with van der Waals surface area (Å²) < 4.78 is 0. The average molecular weight is 780 g/mol. The summed E-state index contributed by atoms with van der Waals surface area (Å²) in [5.74, 6) is 3.22. The molecular weight excluding hydrogens is 723 g/mol. The molecule has 0 aliphatic heterocycles. The second kappa shape index (κ2) is 13.3. The van der Waals surface area contributed by atoms with Crippen molar-refractivity contribution in [2.24, 2.45) is 23.7 Å². The molecule has 6 aromatic rings. The lowest BCUT2D eigenvalue weighted by atomic mass is 9.59. The molecule has 13 rings (SSSR count). The molecule has 5 atom stereocenters. The van der Waals surface area contributed by atoms with Crippen LogP contribution in [0.1, 0.15) is 112 Å². The Balaban J connectivity index is 1.12. The minimum absolute atomic E-state index is 0.1000. The molecule has 0 N–H and O–H groups in total. The Labute approximate surface area is 357 Å². The summed E-state index contributed by atoms with van der Waals surface area (Å²) in [4.78, 5) is 2.67. The number of fused-ring (bicyclic) bond motifs is 4. The average Bonchev–Trinajstić information content (AvgIpc) is 3.82. The maximum Gasteiger partial charge on any atom is 0.0540 e. The van der Waals surface area contributed by atoms with Gasteiger partial charge in [-0.1, -0.05) is 143 Å². The monoisotopic (exact) mass is 779 g/mol. The molecule has 4 fully saturated rings. The molecule has 4 bridgehead atoms. The molecule has 0 amide bonds. The van der Waals surface area contributed by atoms with Gasteiger partial charge in [-0.15, -0.1) is 0 Å². The van der Waals surface area contributed by atoms with Gasteiger partial charge in [0.15, 0.2) is 0 Å². The Morgan fingerprint density at radius 2 is 1.12 bits per heavy atom. The van der Waals surface area contributed by atoms with Gasteiger partial charge >= 0.3 is 0 Å². The predicted molar refractivity (Wildman–Crippen MR) is 252 cm³/mol. The van der Waals surface area contributed by atoms with Crippen LogP contribution in [0.2, 0.25) is 0 Å². The smallest absolute Gasteiger partial charge is 0.0540 e. The summed E-state index contributed by atoms with van der Waals surface area (Å²) in [5, 5.41) is 0. The lowest BCUT2D eigenvalue weighted by Gasteiger charge is -2.44. The van der Waals surface area contributed by atoms with Gasteiger partial charge in [0.2, 0.25) is 0 Å². The summed E-state index contributed by atoms with van der Waals surface area (Å²) in [6.07, 6.45) is 14.9. The van der Waals surface area contributed by atoms with Crippen molar-refractivity contribution in [1.82, 2.24) is 0 Å². The van der Waals surface area contributed by atoms with Crippen molar-refractivity contribution in [3.8, 4) is 22.3 Å². The highest BCUT2D eigenvalue weighted by atomic mass is 15.1. The fourth-order valence-electron chi connectivity index (χ4n) is 13.8. The predicted octanol–water partition coefficient (Wildman–Crippen LogP) is 15.8. The normalized spacial score (nSPS) is 26.0. The van der Waals surface area contributed by atoms with E-state index in [1.807, 2.05) is 0 Å². The fraction of sp³-hybridized carbons (Fsp3) is 0.322. The standard InChI is InChI=1S/C59H57N/c1-57(2)29-30-58(3,4)55-35-47(27-28-52(55)57)60(46-25-23-42(24-26-46)40-15-9-6-10-16-40)56-37-54-50(36-49(56)43-21-19-41(20-22-43)39-13-7-5-8-14-39)48-17-11-12-18-51(48)59(54)45-32-38-31-44(34-45)53(59)33-38/h5-19,21,23-28,35-38,44-45,53H,20,22,29-34H2,1-4H3/t38-,44?,45?,53?,59?/m0/s1. The van der Waals surface area contributed by atoms with Gasteiger partial charge in [-0.05, 0) is 183 Å². The van der Waals surface area contributed by atoms with E-state index in [4.69, 9.17) is 0 Å². The van der Waals surface area contributed by atoms with E-state index in [0.29, 0.717) is 0 Å². The highest BCUT2D eigenvalue weighted by Crippen LogP contribution is 2.73. The summed E-state index contributed by atoms with van der Waals surface area (Å²) in [6.45, 7) is 9.84. The van der Waals surface area contributed by atoms with E-state index >= 15 is 0 Å². The number of rotatable bonds is 6. The summed E-state index contributed by atoms with van der Waals surface area (Å²) in [6, 6.07) is 53.9. The number of nitrogens with zero attached hydrogens (tertiary/aromatic N) is 1. The Morgan fingerprint density at radius 3 is 1.85 bits per heavy atom. The van der Waals surface area contributed by atoms with Crippen LogP contribution in [-0.4, -0.2) is 0 Å². The van der Waals surface area contributed by atoms with E-state index in [-0.39, 0.29) is 16.2 Å². The van der Waals surface area contributed by atoms with Gasteiger partial charge in [-0.25, -0.2) is 0 Å². The van der Waals surface area contributed by atoms with Gasteiger partial charge in [-0.3, -0.25) is 0 Å².